The lowest BCUT2D eigenvalue weighted by molar-refractivity contribution is -0.179. The van der Waals surface area contributed by atoms with Gasteiger partial charge in [0.2, 0.25) is 0 Å². The largest absolute Gasteiger partial charge is 0.763 e. The third kappa shape index (κ3) is 18.9. The molecule has 136 valence electrons. The highest BCUT2D eigenvalue weighted by Gasteiger charge is 2.34. The Kier molecular flexibility index (Phi) is 17.5. The zero-order chi connectivity index (χ0) is 17.5. The van der Waals surface area contributed by atoms with Gasteiger partial charge in [0, 0.05) is 7.26 Å². The molecule has 0 amide bonds. The van der Waals surface area contributed by atoms with Gasteiger partial charge in [0.25, 0.3) is 7.03 Å². The topological polar surface area (TPSA) is 40.1 Å². The Morgan fingerprint density at radius 1 is 0.818 bits per heavy atom. The van der Waals surface area contributed by atoms with Crippen LogP contribution >= 0.6 is 25.5 Å². The smallest absolute Gasteiger partial charge is 0.268 e. The molecule has 0 aromatic heterocycles. The van der Waals surface area contributed by atoms with Crippen molar-refractivity contribution in [1.29, 1.82) is 0 Å². The van der Waals surface area contributed by atoms with Crippen LogP contribution < -0.4 is 4.89 Å². The van der Waals surface area contributed by atoms with Gasteiger partial charge < -0.3 is 4.89 Å². The summed E-state index contributed by atoms with van der Waals surface area (Å²) in [6.45, 7) is 9.42. The van der Waals surface area contributed by atoms with E-state index >= 15 is 0 Å². The predicted octanol–water partition coefficient (Wildman–Crippen LogP) is 6.87. The van der Waals surface area contributed by atoms with Gasteiger partial charge in [0.05, 0.1) is 24.6 Å². The Labute approximate surface area is 143 Å². The number of unbranched alkanes of at least 4 members (excludes halogenated alkanes) is 4. The Morgan fingerprint density at radius 2 is 1.00 bits per heavy atom. The predicted molar refractivity (Wildman–Crippen MR) is 101 cm³/mol. The van der Waals surface area contributed by atoms with Gasteiger partial charge in [-0.1, -0.05) is 53.4 Å². The maximum atomic E-state index is 10.5. The van der Waals surface area contributed by atoms with E-state index in [-0.39, 0.29) is 0 Å². The number of hydrogen-bond donors (Lipinski definition) is 0. The van der Waals surface area contributed by atoms with Crippen molar-refractivity contribution in [3.05, 3.63) is 0 Å². The first-order chi connectivity index (χ1) is 10.2. The summed E-state index contributed by atoms with van der Waals surface area (Å²) >= 11 is 3.86. The summed E-state index contributed by atoms with van der Waals surface area (Å²) in [7, 11) is -5.48. The minimum atomic E-state index is -4.92. The van der Waals surface area contributed by atoms with Crippen molar-refractivity contribution in [2.45, 2.75) is 79.1 Å². The lowest BCUT2D eigenvalue weighted by Gasteiger charge is -2.28. The molecule has 0 saturated heterocycles. The second kappa shape index (κ2) is 15.4. The third-order valence-corrected chi connectivity index (χ3v) is 9.00. The second-order valence-electron chi connectivity index (χ2n) is 6.06. The quantitative estimate of drug-likeness (QED) is 0.349. The van der Waals surface area contributed by atoms with E-state index in [2.05, 4.69) is 38.9 Å². The Balaban J connectivity index is 0. The summed E-state index contributed by atoms with van der Waals surface area (Å²) in [6, 6.07) is 0. The highest BCUT2D eigenvalue weighted by molar-refractivity contribution is 7.79. The van der Waals surface area contributed by atoms with Gasteiger partial charge in [-0.15, -0.1) is 0 Å². The van der Waals surface area contributed by atoms with E-state index in [0.717, 1.165) is 0 Å². The lowest BCUT2D eigenvalue weighted by atomic mass is 10.4. The molecular weight excluding hydrogens is 341 g/mol. The maximum absolute atomic E-state index is 10.5. The van der Waals surface area contributed by atoms with Crippen molar-refractivity contribution < 1.29 is 13.7 Å². The van der Waals surface area contributed by atoms with Crippen molar-refractivity contribution in [2.75, 3.05) is 24.6 Å². The van der Waals surface area contributed by atoms with Crippen molar-refractivity contribution in [1.82, 2.24) is 0 Å². The van der Waals surface area contributed by atoms with Crippen LogP contribution in [0.25, 0.3) is 0 Å². The van der Waals surface area contributed by atoms with E-state index in [0.29, 0.717) is 0 Å². The van der Waals surface area contributed by atoms with Crippen LogP contribution in [0.3, 0.4) is 0 Å². The minimum Gasteiger partial charge on any atom is -0.763 e. The number of rotatable bonds is 12. The maximum Gasteiger partial charge on any atom is 0.268 e. The molecule has 1 atom stereocenters. The molecule has 22 heavy (non-hydrogen) atoms. The number of hydrogen-bond acceptors (Lipinski definition) is 2. The standard InChI is InChI=1S/C16H36P.ClFHO2P/c1-5-9-13-17(14-10-6-2,15-11-7-3)16-12-8-4;1-5(2,3)4/h5-16H2,1-4H3;(H,3,4)/q+1;/p-1. The summed E-state index contributed by atoms with van der Waals surface area (Å²) in [5.41, 5.74) is 0. The monoisotopic (exact) mass is 376 g/mol. The van der Waals surface area contributed by atoms with Crippen molar-refractivity contribution >= 4 is 25.5 Å². The fourth-order valence-electron chi connectivity index (χ4n) is 2.64. The summed E-state index contributed by atoms with van der Waals surface area (Å²) < 4.78 is 19.2. The SMILES string of the molecule is CCCC[P+](CCCC)(CCCC)CCCC.O=P([O-])(F)Cl. The van der Waals surface area contributed by atoms with Crippen molar-refractivity contribution in [2.24, 2.45) is 0 Å². The molecule has 2 nitrogen and oxygen atoms in total. The molecule has 0 spiro atoms. The average molecular weight is 377 g/mol. The first-order valence-electron chi connectivity index (χ1n) is 8.80. The van der Waals surface area contributed by atoms with Crippen LogP contribution in [0.5, 0.6) is 0 Å². The first-order valence-corrected chi connectivity index (χ1v) is 13.7. The molecular formula is C16H36ClFO2P2. The van der Waals surface area contributed by atoms with Crippen LogP contribution in [0.15, 0.2) is 0 Å². The van der Waals surface area contributed by atoms with Gasteiger partial charge in [-0.05, 0) is 36.9 Å². The van der Waals surface area contributed by atoms with Gasteiger partial charge in [0.15, 0.2) is 0 Å². The molecule has 0 aromatic rings. The average Bonchev–Trinajstić information content (AvgIpc) is 2.44. The van der Waals surface area contributed by atoms with E-state index in [1.54, 1.807) is 24.6 Å². The molecule has 6 heteroatoms. The Morgan fingerprint density at radius 3 is 1.14 bits per heavy atom. The van der Waals surface area contributed by atoms with E-state index in [1.807, 2.05) is 0 Å². The summed E-state index contributed by atoms with van der Waals surface area (Å²) in [5.74, 6) is 0. The molecule has 0 fully saturated rings. The normalized spacial score (nSPS) is 14.1. The van der Waals surface area contributed by atoms with E-state index in [4.69, 9.17) is 9.46 Å². The van der Waals surface area contributed by atoms with E-state index < -0.39 is 14.3 Å². The Hall–Kier alpha value is 0.840. The van der Waals surface area contributed by atoms with E-state index in [9.17, 15) is 4.20 Å². The first kappa shape index (κ1) is 25.1. The van der Waals surface area contributed by atoms with Gasteiger partial charge in [-0.3, -0.25) is 4.57 Å². The lowest BCUT2D eigenvalue weighted by Crippen LogP contribution is -2.12. The van der Waals surface area contributed by atoms with Gasteiger partial charge >= 0.3 is 0 Å². The highest BCUT2D eigenvalue weighted by Crippen LogP contribution is 2.61. The van der Waals surface area contributed by atoms with E-state index in [1.165, 1.54) is 51.4 Å². The van der Waals surface area contributed by atoms with Crippen molar-refractivity contribution in [3.63, 3.8) is 0 Å². The van der Waals surface area contributed by atoms with Crippen molar-refractivity contribution in [3.8, 4) is 0 Å². The zero-order valence-corrected chi connectivity index (χ0v) is 17.5. The molecule has 1 unspecified atom stereocenters. The Bertz CT molecular complexity index is 240. The second-order valence-corrected chi connectivity index (χ2v) is 12.6. The molecule has 0 aliphatic heterocycles. The summed E-state index contributed by atoms with van der Waals surface area (Å²) in [6.07, 6.45) is 17.9. The van der Waals surface area contributed by atoms with Gasteiger partial charge in [-0.2, -0.15) is 4.20 Å². The van der Waals surface area contributed by atoms with Crippen LogP contribution in [0, 0.1) is 0 Å². The van der Waals surface area contributed by atoms with Crippen LogP contribution in [-0.2, 0) is 4.57 Å². The molecule has 0 rings (SSSR count). The molecule has 0 aliphatic rings. The minimum absolute atomic E-state index is 0.562. The van der Waals surface area contributed by atoms with Gasteiger partial charge in [-0.25, -0.2) is 0 Å². The summed E-state index contributed by atoms with van der Waals surface area (Å²) in [5, 5.41) is 0. The fraction of sp³-hybridized carbons (Fsp3) is 1.00. The molecule has 0 bridgehead atoms. The zero-order valence-electron chi connectivity index (χ0n) is 15.0. The molecule has 0 aromatic carbocycles. The van der Waals surface area contributed by atoms with Crippen LogP contribution in [0.2, 0.25) is 0 Å². The molecule has 0 aliphatic carbocycles. The van der Waals surface area contributed by atoms with Crippen LogP contribution in [-0.4, -0.2) is 24.6 Å². The fourth-order valence-corrected chi connectivity index (χ4v) is 7.93. The molecule has 0 heterocycles. The molecule has 0 radical (unpaired) electrons. The van der Waals surface area contributed by atoms with Crippen LogP contribution in [0.1, 0.15) is 79.1 Å². The van der Waals surface area contributed by atoms with Crippen LogP contribution in [0.4, 0.5) is 4.20 Å². The molecule has 0 saturated carbocycles. The molecule has 0 N–H and O–H groups in total. The third-order valence-electron chi connectivity index (χ3n) is 3.94. The highest BCUT2D eigenvalue weighted by atomic mass is 35.7. The van der Waals surface area contributed by atoms with Gasteiger partial charge in [0.1, 0.15) is 0 Å². The number of halogens is 2. The summed E-state index contributed by atoms with van der Waals surface area (Å²) in [4.78, 5) is 8.76.